The van der Waals surface area contributed by atoms with Crippen LogP contribution in [-0.2, 0) is 4.79 Å². The number of para-hydroxylation sites is 2. The summed E-state index contributed by atoms with van der Waals surface area (Å²) in [6.45, 7) is 0. The van der Waals surface area contributed by atoms with Crippen LogP contribution in [0.5, 0.6) is 11.5 Å². The maximum absolute atomic E-state index is 13.1. The van der Waals surface area contributed by atoms with E-state index in [9.17, 15) is 18.0 Å². The Balaban J connectivity index is 1.62. The van der Waals surface area contributed by atoms with E-state index in [0.717, 1.165) is 43.1 Å². The van der Waals surface area contributed by atoms with Crippen molar-refractivity contribution in [2.45, 2.75) is 43.9 Å². The highest BCUT2D eigenvalue weighted by Crippen LogP contribution is 2.51. The Morgan fingerprint density at radius 1 is 1.00 bits per heavy atom. The van der Waals surface area contributed by atoms with E-state index < -0.39 is 24.2 Å². The minimum atomic E-state index is -4.83. The van der Waals surface area contributed by atoms with Crippen LogP contribution in [0.4, 0.5) is 13.2 Å². The molecule has 3 aliphatic heterocycles. The summed E-state index contributed by atoms with van der Waals surface area (Å²) in [6, 6.07) is 12.7. The Kier molecular flexibility index (Phi) is 4.28. The largest absolute Gasteiger partial charge is 0.471 e. The topological polar surface area (TPSA) is 29.5 Å². The third-order valence-corrected chi connectivity index (χ3v) is 6.64. The highest BCUT2D eigenvalue weighted by molar-refractivity contribution is 9.10. The summed E-state index contributed by atoms with van der Waals surface area (Å²) < 4.78 is 46.2. The van der Waals surface area contributed by atoms with E-state index >= 15 is 0 Å². The smallest absolute Gasteiger partial charge is 0.455 e. The first-order valence-corrected chi connectivity index (χ1v) is 10.3. The Morgan fingerprint density at radius 2 is 1.66 bits per heavy atom. The van der Waals surface area contributed by atoms with Crippen molar-refractivity contribution in [3.05, 3.63) is 63.6 Å². The summed E-state index contributed by atoms with van der Waals surface area (Å²) in [6.07, 6.45) is -2.71. The number of hydrogen-bond donors (Lipinski definition) is 0. The first kappa shape index (κ1) is 18.7. The number of carbonyl (C=O) groups is 1. The van der Waals surface area contributed by atoms with Crippen LogP contribution in [0.1, 0.15) is 36.8 Å². The van der Waals surface area contributed by atoms with E-state index in [1.165, 1.54) is 0 Å². The molecule has 2 fully saturated rings. The van der Waals surface area contributed by atoms with E-state index in [1.807, 2.05) is 42.5 Å². The molecular formula is C22H17BrF3NO2. The maximum atomic E-state index is 13.1. The first-order valence-electron chi connectivity index (χ1n) is 9.52. The molecule has 5 rings (SSSR count). The van der Waals surface area contributed by atoms with Gasteiger partial charge in [0.05, 0.1) is 4.47 Å². The average Bonchev–Trinajstić information content (AvgIpc) is 2.94. The molecule has 2 aromatic rings. The Bertz CT molecular complexity index is 1030. The van der Waals surface area contributed by atoms with Gasteiger partial charge in [-0.15, -0.1) is 0 Å². The van der Waals surface area contributed by atoms with Crippen molar-refractivity contribution in [1.29, 1.82) is 0 Å². The van der Waals surface area contributed by atoms with Gasteiger partial charge in [-0.2, -0.15) is 13.2 Å². The van der Waals surface area contributed by atoms with Crippen LogP contribution in [0.2, 0.25) is 0 Å². The number of amides is 1. The van der Waals surface area contributed by atoms with Gasteiger partial charge in [-0.25, -0.2) is 0 Å². The van der Waals surface area contributed by atoms with Crippen molar-refractivity contribution < 1.29 is 22.7 Å². The third kappa shape index (κ3) is 2.98. The second kappa shape index (κ2) is 6.62. The predicted octanol–water partition coefficient (Wildman–Crippen LogP) is 6.07. The molecule has 0 saturated carbocycles. The number of carbonyl (C=O) groups excluding carboxylic acids is 1. The fraction of sp³-hybridized carbons (Fsp3) is 0.318. The second-order valence-electron chi connectivity index (χ2n) is 7.70. The second-order valence-corrected chi connectivity index (χ2v) is 8.55. The highest BCUT2D eigenvalue weighted by atomic mass is 79.9. The van der Waals surface area contributed by atoms with Crippen molar-refractivity contribution in [2.24, 2.45) is 0 Å². The highest BCUT2D eigenvalue weighted by Gasteiger charge is 2.51. The molecule has 0 spiro atoms. The molecule has 0 radical (unpaired) electrons. The molecule has 150 valence electrons. The lowest BCUT2D eigenvalue weighted by Crippen LogP contribution is -2.50. The lowest BCUT2D eigenvalue weighted by atomic mass is 9.84. The Labute approximate surface area is 174 Å². The fourth-order valence-electron chi connectivity index (χ4n) is 4.90. The minimum Gasteiger partial charge on any atom is -0.455 e. The van der Waals surface area contributed by atoms with E-state index in [2.05, 4.69) is 15.9 Å². The van der Waals surface area contributed by atoms with Crippen molar-refractivity contribution in [2.75, 3.05) is 0 Å². The molecule has 3 nitrogen and oxygen atoms in total. The van der Waals surface area contributed by atoms with Gasteiger partial charge in [0.15, 0.2) is 0 Å². The van der Waals surface area contributed by atoms with Crippen LogP contribution in [0.25, 0.3) is 5.57 Å². The van der Waals surface area contributed by atoms with Crippen LogP contribution in [0, 0.1) is 0 Å². The van der Waals surface area contributed by atoms with E-state index in [1.54, 1.807) is 0 Å². The minimum absolute atomic E-state index is 0.406. The summed E-state index contributed by atoms with van der Waals surface area (Å²) in [5, 5.41) is 0. The SMILES string of the molecule is O=C(N1[C@@H]2CC[C@@H]1CC(=C1c3ccccc3Oc3c(Br)cccc31)C2)C(F)(F)F. The third-order valence-electron chi connectivity index (χ3n) is 6.02. The molecule has 7 heteroatoms. The van der Waals surface area contributed by atoms with Crippen LogP contribution >= 0.6 is 15.9 Å². The van der Waals surface area contributed by atoms with E-state index in [0.29, 0.717) is 25.7 Å². The van der Waals surface area contributed by atoms with Gasteiger partial charge in [-0.1, -0.05) is 35.9 Å². The molecule has 2 saturated heterocycles. The van der Waals surface area contributed by atoms with Crippen LogP contribution in [0.15, 0.2) is 52.5 Å². The summed E-state index contributed by atoms with van der Waals surface area (Å²) in [7, 11) is 0. The standard InChI is InChI=1S/C22H17BrF3NO2/c23-17-6-3-5-16-19(15-4-1-2-7-18(15)29-20(16)17)12-10-13-8-9-14(11-12)27(13)21(28)22(24,25)26/h1-7,13-14H,8-11H2/t13-,14-/m1/s1. The number of halogens is 4. The van der Waals surface area contributed by atoms with Gasteiger partial charge in [0.1, 0.15) is 11.5 Å². The molecule has 0 N–H and O–H groups in total. The quantitative estimate of drug-likeness (QED) is 0.404. The number of rotatable bonds is 0. The van der Waals surface area contributed by atoms with Crippen molar-refractivity contribution in [3.63, 3.8) is 0 Å². The van der Waals surface area contributed by atoms with Gasteiger partial charge in [-0.3, -0.25) is 4.79 Å². The molecular weight excluding hydrogens is 447 g/mol. The molecule has 1 amide bonds. The summed E-state index contributed by atoms with van der Waals surface area (Å²) in [5.74, 6) is -0.255. The number of ether oxygens (including phenoxy) is 1. The molecule has 0 aliphatic carbocycles. The van der Waals surface area contributed by atoms with Crippen molar-refractivity contribution >= 4 is 27.4 Å². The Hall–Kier alpha value is -2.28. The van der Waals surface area contributed by atoms with Crippen molar-refractivity contribution in [3.8, 4) is 11.5 Å². The Morgan fingerprint density at radius 3 is 2.34 bits per heavy atom. The van der Waals surface area contributed by atoms with Gasteiger partial charge < -0.3 is 9.64 Å². The number of hydrogen-bond acceptors (Lipinski definition) is 2. The van der Waals surface area contributed by atoms with Gasteiger partial charge in [-0.05, 0) is 59.3 Å². The van der Waals surface area contributed by atoms with Crippen molar-refractivity contribution in [1.82, 2.24) is 4.90 Å². The number of alkyl halides is 3. The lowest BCUT2D eigenvalue weighted by Gasteiger charge is -2.38. The normalized spacial score (nSPS) is 22.8. The summed E-state index contributed by atoms with van der Waals surface area (Å²) >= 11 is 3.55. The zero-order valence-corrected chi connectivity index (χ0v) is 16.9. The lowest BCUT2D eigenvalue weighted by molar-refractivity contribution is -0.189. The number of nitrogens with zero attached hydrogens (tertiary/aromatic N) is 1. The summed E-state index contributed by atoms with van der Waals surface area (Å²) in [5.41, 5.74) is 4.00. The average molecular weight is 464 g/mol. The maximum Gasteiger partial charge on any atom is 0.471 e. The molecule has 29 heavy (non-hydrogen) atoms. The number of piperidine rings is 1. The zero-order valence-electron chi connectivity index (χ0n) is 15.3. The number of benzene rings is 2. The van der Waals surface area contributed by atoms with Crippen LogP contribution in [0.3, 0.4) is 0 Å². The molecule has 2 aromatic carbocycles. The summed E-state index contributed by atoms with van der Waals surface area (Å²) in [4.78, 5) is 13.0. The molecule has 2 atom stereocenters. The van der Waals surface area contributed by atoms with Gasteiger partial charge in [0.2, 0.25) is 0 Å². The molecule has 0 aromatic heterocycles. The molecule has 3 heterocycles. The fourth-order valence-corrected chi connectivity index (χ4v) is 5.35. The van der Waals surface area contributed by atoms with Crippen LogP contribution < -0.4 is 4.74 Å². The van der Waals surface area contributed by atoms with Gasteiger partial charge in [0.25, 0.3) is 0 Å². The monoisotopic (exact) mass is 463 g/mol. The van der Waals surface area contributed by atoms with E-state index in [4.69, 9.17) is 4.74 Å². The number of fused-ring (bicyclic) bond motifs is 4. The zero-order chi connectivity index (χ0) is 20.3. The molecule has 3 aliphatic rings. The van der Waals surface area contributed by atoms with E-state index in [-0.39, 0.29) is 0 Å². The van der Waals surface area contributed by atoms with Gasteiger partial charge in [0, 0.05) is 23.2 Å². The van der Waals surface area contributed by atoms with Crippen LogP contribution in [-0.4, -0.2) is 29.1 Å². The molecule has 0 unspecified atom stereocenters. The first-order chi connectivity index (χ1) is 13.8. The molecule has 2 bridgehead atoms. The predicted molar refractivity (Wildman–Crippen MR) is 106 cm³/mol. The van der Waals surface area contributed by atoms with Gasteiger partial charge >= 0.3 is 12.1 Å².